The van der Waals surface area contributed by atoms with E-state index in [1.165, 1.54) is 11.3 Å². The second-order valence-corrected chi connectivity index (χ2v) is 8.00. The van der Waals surface area contributed by atoms with Crippen LogP contribution in [0.25, 0.3) is 10.2 Å². The number of amides is 2. The molecule has 8 heteroatoms. The molecule has 25 heavy (non-hydrogen) atoms. The first-order valence-corrected chi connectivity index (χ1v) is 9.95. The number of hydrogen-bond acceptors (Lipinski definition) is 4. The van der Waals surface area contributed by atoms with Crippen molar-refractivity contribution < 1.29 is 9.59 Å². The zero-order valence-electron chi connectivity index (χ0n) is 14.3. The van der Waals surface area contributed by atoms with Gasteiger partial charge < -0.3 is 10.6 Å². The van der Waals surface area contributed by atoms with Gasteiger partial charge in [0.2, 0.25) is 5.91 Å². The number of fused-ring (bicyclic) bond motifs is 1. The van der Waals surface area contributed by atoms with E-state index in [2.05, 4.69) is 15.7 Å². The molecule has 0 spiro atoms. The van der Waals surface area contributed by atoms with E-state index in [1.807, 2.05) is 13.1 Å². The van der Waals surface area contributed by atoms with Gasteiger partial charge in [-0.15, -0.1) is 22.9 Å². The molecule has 6 nitrogen and oxygen atoms in total. The molecule has 2 aromatic heterocycles. The van der Waals surface area contributed by atoms with Crippen molar-refractivity contribution >= 4 is 45.0 Å². The van der Waals surface area contributed by atoms with Crippen LogP contribution in [-0.2, 0) is 11.8 Å². The Kier molecular flexibility index (Phi) is 5.64. The van der Waals surface area contributed by atoms with Gasteiger partial charge in [0, 0.05) is 19.0 Å². The molecule has 1 aliphatic carbocycles. The van der Waals surface area contributed by atoms with Gasteiger partial charge >= 0.3 is 0 Å². The third-order valence-electron chi connectivity index (χ3n) is 4.80. The Morgan fingerprint density at radius 2 is 2.04 bits per heavy atom. The second kappa shape index (κ2) is 7.74. The van der Waals surface area contributed by atoms with Crippen LogP contribution in [0.5, 0.6) is 0 Å². The Hall–Kier alpha value is -1.60. The number of thiophene rings is 1. The topological polar surface area (TPSA) is 76.0 Å². The molecule has 0 atom stereocenters. The molecule has 0 aliphatic heterocycles. The number of carbonyl (C=O) groups is 2. The van der Waals surface area contributed by atoms with Crippen LogP contribution in [0.3, 0.4) is 0 Å². The van der Waals surface area contributed by atoms with E-state index in [-0.39, 0.29) is 17.7 Å². The van der Waals surface area contributed by atoms with Crippen molar-refractivity contribution in [3.63, 3.8) is 0 Å². The summed E-state index contributed by atoms with van der Waals surface area (Å²) in [6.07, 6.45) is 7.92. The van der Waals surface area contributed by atoms with Gasteiger partial charge in [-0.2, -0.15) is 5.10 Å². The maximum atomic E-state index is 12.6. The normalized spacial score (nSPS) is 17.2. The molecule has 1 saturated carbocycles. The number of nitrogens with one attached hydrogen (secondary N) is 2. The smallest absolute Gasteiger partial charge is 0.261 e. The van der Waals surface area contributed by atoms with Crippen LogP contribution in [0, 0.1) is 0 Å². The van der Waals surface area contributed by atoms with Crippen LogP contribution in [-0.4, -0.2) is 39.6 Å². The van der Waals surface area contributed by atoms with Crippen molar-refractivity contribution in [2.24, 2.45) is 7.05 Å². The Labute approximate surface area is 155 Å². The molecule has 2 N–H and O–H groups in total. The summed E-state index contributed by atoms with van der Waals surface area (Å²) in [7, 11) is 1.86. The molecule has 0 unspecified atom stereocenters. The highest BCUT2D eigenvalue weighted by atomic mass is 35.5. The van der Waals surface area contributed by atoms with Crippen molar-refractivity contribution in [3.8, 4) is 0 Å². The van der Waals surface area contributed by atoms with Crippen molar-refractivity contribution in [1.29, 1.82) is 0 Å². The minimum absolute atomic E-state index is 0.0565. The highest BCUT2D eigenvalue weighted by Gasteiger charge is 2.33. The average Bonchev–Trinajstić information content (AvgIpc) is 3.09. The molecule has 0 radical (unpaired) electrons. The summed E-state index contributed by atoms with van der Waals surface area (Å²) in [5.41, 5.74) is -0.392. The fourth-order valence-electron chi connectivity index (χ4n) is 3.47. The van der Waals surface area contributed by atoms with Gasteiger partial charge in [0.1, 0.15) is 10.7 Å². The fraction of sp³-hybridized carbons (Fsp3) is 0.588. The van der Waals surface area contributed by atoms with E-state index in [9.17, 15) is 9.59 Å². The van der Waals surface area contributed by atoms with E-state index < -0.39 is 5.54 Å². The number of aromatic nitrogens is 2. The lowest BCUT2D eigenvalue weighted by atomic mass is 9.89. The lowest BCUT2D eigenvalue weighted by Gasteiger charge is -2.34. The van der Waals surface area contributed by atoms with E-state index in [0.29, 0.717) is 11.4 Å². The first-order chi connectivity index (χ1) is 12.0. The first kappa shape index (κ1) is 18.2. The molecule has 2 heterocycles. The third-order valence-corrected chi connectivity index (χ3v) is 6.26. The molecular weight excluding hydrogens is 360 g/mol. The number of rotatable bonds is 5. The van der Waals surface area contributed by atoms with Crippen LogP contribution in [0.2, 0.25) is 0 Å². The van der Waals surface area contributed by atoms with Crippen molar-refractivity contribution in [3.05, 3.63) is 17.1 Å². The predicted octanol–water partition coefficient (Wildman–Crippen LogP) is 2.81. The minimum atomic E-state index is -0.392. The predicted molar refractivity (Wildman–Crippen MR) is 100 cm³/mol. The lowest BCUT2D eigenvalue weighted by Crippen LogP contribution is -2.55. The Morgan fingerprint density at radius 1 is 1.32 bits per heavy atom. The van der Waals surface area contributed by atoms with Gasteiger partial charge in [-0.1, -0.05) is 25.7 Å². The summed E-state index contributed by atoms with van der Waals surface area (Å²) < 4.78 is 1.77. The Balaban J connectivity index is 1.70. The third kappa shape index (κ3) is 4.15. The van der Waals surface area contributed by atoms with Crippen LogP contribution in [0.15, 0.2) is 12.3 Å². The van der Waals surface area contributed by atoms with Crippen LogP contribution in [0.1, 0.15) is 48.2 Å². The fourth-order valence-corrected chi connectivity index (χ4v) is 4.51. The Bertz CT molecular complexity index is 762. The summed E-state index contributed by atoms with van der Waals surface area (Å²) in [6.45, 7) is 0.432. The summed E-state index contributed by atoms with van der Waals surface area (Å²) in [4.78, 5) is 26.1. The van der Waals surface area contributed by atoms with Crippen LogP contribution in [0.4, 0.5) is 0 Å². The lowest BCUT2D eigenvalue weighted by molar-refractivity contribution is -0.120. The number of alkyl halides is 1. The highest BCUT2D eigenvalue weighted by Crippen LogP contribution is 2.28. The second-order valence-electron chi connectivity index (χ2n) is 6.70. The first-order valence-electron chi connectivity index (χ1n) is 8.60. The van der Waals surface area contributed by atoms with Crippen molar-refractivity contribution in [1.82, 2.24) is 20.4 Å². The number of nitrogens with zero attached hydrogens (tertiary/aromatic N) is 2. The standard InChI is InChI=1S/C17H23ClN4O2S/c1-22-16-12(10-20-22)8-13(25-16)15(24)19-11-17(21-14(23)9-18)6-4-2-3-5-7-17/h8,10H,2-7,9,11H2,1H3,(H,19,24)(H,21,23). The van der Waals surface area contributed by atoms with E-state index in [4.69, 9.17) is 11.6 Å². The number of aryl methyl sites for hydroxylation is 1. The van der Waals surface area contributed by atoms with Gasteiger partial charge in [0.25, 0.3) is 5.91 Å². The minimum Gasteiger partial charge on any atom is -0.349 e. The number of halogens is 1. The van der Waals surface area contributed by atoms with Gasteiger partial charge in [-0.05, 0) is 18.9 Å². The summed E-state index contributed by atoms with van der Waals surface area (Å²) in [5, 5.41) is 11.2. The zero-order valence-corrected chi connectivity index (χ0v) is 15.9. The summed E-state index contributed by atoms with van der Waals surface area (Å²) in [6, 6.07) is 1.86. The molecule has 136 valence electrons. The summed E-state index contributed by atoms with van der Waals surface area (Å²) in [5.74, 6) is -0.338. The van der Waals surface area contributed by atoms with Crippen LogP contribution >= 0.6 is 22.9 Å². The Morgan fingerprint density at radius 3 is 2.68 bits per heavy atom. The molecule has 0 saturated heterocycles. The zero-order chi connectivity index (χ0) is 17.9. The molecule has 3 rings (SSSR count). The van der Waals surface area contributed by atoms with E-state index in [0.717, 1.165) is 48.7 Å². The monoisotopic (exact) mass is 382 g/mol. The average molecular weight is 383 g/mol. The van der Waals surface area contributed by atoms with Crippen LogP contribution < -0.4 is 10.6 Å². The van der Waals surface area contributed by atoms with Gasteiger partial charge in [0.05, 0.1) is 16.6 Å². The maximum absolute atomic E-state index is 12.6. The quantitative estimate of drug-likeness (QED) is 0.616. The van der Waals surface area contributed by atoms with Gasteiger partial charge in [-0.25, -0.2) is 0 Å². The van der Waals surface area contributed by atoms with Gasteiger partial charge in [-0.3, -0.25) is 14.3 Å². The van der Waals surface area contributed by atoms with Crippen molar-refractivity contribution in [2.45, 2.75) is 44.1 Å². The van der Waals surface area contributed by atoms with Crippen molar-refractivity contribution in [2.75, 3.05) is 12.4 Å². The highest BCUT2D eigenvalue weighted by molar-refractivity contribution is 7.20. The molecular formula is C17H23ClN4O2S. The number of hydrogen-bond donors (Lipinski definition) is 2. The van der Waals surface area contributed by atoms with Gasteiger partial charge in [0.15, 0.2) is 0 Å². The molecule has 0 aromatic carbocycles. The molecule has 2 aromatic rings. The maximum Gasteiger partial charge on any atom is 0.261 e. The summed E-state index contributed by atoms with van der Waals surface area (Å²) >= 11 is 7.10. The molecule has 0 bridgehead atoms. The number of carbonyl (C=O) groups excluding carboxylic acids is 2. The molecule has 1 aliphatic rings. The largest absolute Gasteiger partial charge is 0.349 e. The SMILES string of the molecule is Cn1ncc2cc(C(=O)NCC3(NC(=O)CCl)CCCCCC3)sc21. The molecule has 1 fully saturated rings. The molecule has 2 amide bonds. The van der Waals surface area contributed by atoms with E-state index in [1.54, 1.807) is 10.9 Å². The van der Waals surface area contributed by atoms with E-state index >= 15 is 0 Å².